The zero-order valence-electron chi connectivity index (χ0n) is 7.12. The lowest BCUT2D eigenvalue weighted by Gasteiger charge is -2.06. The van der Waals surface area contributed by atoms with Gasteiger partial charge in [-0.1, -0.05) is 20.3 Å². The minimum atomic E-state index is 0.675. The van der Waals surface area contributed by atoms with Gasteiger partial charge < -0.3 is 5.73 Å². The molecule has 0 bridgehead atoms. The van der Waals surface area contributed by atoms with Gasteiger partial charge in [0.15, 0.2) is 0 Å². The summed E-state index contributed by atoms with van der Waals surface area (Å²) >= 11 is 0. The van der Waals surface area contributed by atoms with E-state index in [-0.39, 0.29) is 0 Å². The van der Waals surface area contributed by atoms with Gasteiger partial charge in [0.25, 0.3) is 0 Å². The second-order valence-electron chi connectivity index (χ2n) is 3.01. The summed E-state index contributed by atoms with van der Waals surface area (Å²) in [5.74, 6) is 0.675. The third-order valence-electron chi connectivity index (χ3n) is 1.85. The van der Waals surface area contributed by atoms with Crippen molar-refractivity contribution in [1.82, 2.24) is 9.78 Å². The fourth-order valence-corrected chi connectivity index (χ4v) is 0.928. The molecule has 1 aromatic rings. The molecule has 1 heterocycles. The SMILES string of the molecule is CCC(C)Cn1cc(N)cn1. The van der Waals surface area contributed by atoms with E-state index in [1.807, 2.05) is 10.9 Å². The summed E-state index contributed by atoms with van der Waals surface area (Å²) in [6, 6.07) is 0. The fourth-order valence-electron chi connectivity index (χ4n) is 0.928. The Kier molecular flexibility index (Phi) is 2.52. The summed E-state index contributed by atoms with van der Waals surface area (Å²) in [6.45, 7) is 5.35. The van der Waals surface area contributed by atoms with Gasteiger partial charge in [-0.3, -0.25) is 4.68 Å². The van der Waals surface area contributed by atoms with Crippen LogP contribution >= 0.6 is 0 Å². The maximum absolute atomic E-state index is 5.51. The van der Waals surface area contributed by atoms with Crippen molar-refractivity contribution in [2.45, 2.75) is 26.8 Å². The lowest BCUT2D eigenvalue weighted by atomic mass is 10.1. The van der Waals surface area contributed by atoms with Crippen LogP contribution in [0.3, 0.4) is 0 Å². The van der Waals surface area contributed by atoms with Gasteiger partial charge in [0, 0.05) is 12.7 Å². The van der Waals surface area contributed by atoms with Crippen LogP contribution < -0.4 is 5.73 Å². The largest absolute Gasteiger partial charge is 0.396 e. The monoisotopic (exact) mass is 153 g/mol. The van der Waals surface area contributed by atoms with Crippen molar-refractivity contribution in [3.8, 4) is 0 Å². The van der Waals surface area contributed by atoms with Crippen molar-refractivity contribution in [2.24, 2.45) is 5.92 Å². The molecule has 0 aliphatic carbocycles. The van der Waals surface area contributed by atoms with Gasteiger partial charge in [0.1, 0.15) is 0 Å². The number of rotatable bonds is 3. The summed E-state index contributed by atoms with van der Waals surface area (Å²) in [7, 11) is 0. The smallest absolute Gasteiger partial charge is 0.0719 e. The van der Waals surface area contributed by atoms with Gasteiger partial charge in [-0.2, -0.15) is 5.10 Å². The highest BCUT2D eigenvalue weighted by atomic mass is 15.3. The van der Waals surface area contributed by atoms with E-state index >= 15 is 0 Å². The highest BCUT2D eigenvalue weighted by Gasteiger charge is 2.00. The van der Waals surface area contributed by atoms with Crippen LogP contribution in [0.4, 0.5) is 5.69 Å². The molecule has 2 N–H and O–H groups in total. The van der Waals surface area contributed by atoms with Crippen molar-refractivity contribution in [2.75, 3.05) is 5.73 Å². The third kappa shape index (κ3) is 2.26. The van der Waals surface area contributed by atoms with E-state index in [0.717, 1.165) is 12.2 Å². The summed E-state index contributed by atoms with van der Waals surface area (Å²) < 4.78 is 1.89. The average Bonchev–Trinajstić information content (AvgIpc) is 2.35. The lowest BCUT2D eigenvalue weighted by Crippen LogP contribution is -2.06. The Hall–Kier alpha value is -0.990. The molecule has 0 fully saturated rings. The molecule has 1 aromatic heterocycles. The minimum absolute atomic E-state index is 0.675. The zero-order valence-corrected chi connectivity index (χ0v) is 7.12. The molecular formula is C8H15N3. The first-order chi connectivity index (χ1) is 5.22. The molecule has 1 unspecified atom stereocenters. The number of nitrogens with zero attached hydrogens (tertiary/aromatic N) is 2. The topological polar surface area (TPSA) is 43.8 Å². The molecule has 3 nitrogen and oxygen atoms in total. The summed E-state index contributed by atoms with van der Waals surface area (Å²) in [5, 5.41) is 4.10. The second-order valence-corrected chi connectivity index (χ2v) is 3.01. The first-order valence-electron chi connectivity index (χ1n) is 4.00. The van der Waals surface area contributed by atoms with Crippen LogP contribution in [0.15, 0.2) is 12.4 Å². The second kappa shape index (κ2) is 3.42. The predicted octanol–water partition coefficient (Wildman–Crippen LogP) is 1.51. The predicted molar refractivity (Wildman–Crippen MR) is 46.1 cm³/mol. The van der Waals surface area contributed by atoms with Gasteiger partial charge in [0.05, 0.1) is 11.9 Å². The van der Waals surface area contributed by atoms with Crippen LogP contribution in [0, 0.1) is 5.92 Å². The highest BCUT2D eigenvalue weighted by molar-refractivity contribution is 5.30. The highest BCUT2D eigenvalue weighted by Crippen LogP contribution is 2.05. The number of hydrogen-bond acceptors (Lipinski definition) is 2. The molecule has 0 aliphatic heterocycles. The van der Waals surface area contributed by atoms with Crippen molar-refractivity contribution in [3.05, 3.63) is 12.4 Å². The van der Waals surface area contributed by atoms with E-state index in [2.05, 4.69) is 18.9 Å². The van der Waals surface area contributed by atoms with Crippen molar-refractivity contribution in [3.63, 3.8) is 0 Å². The number of nitrogens with two attached hydrogens (primary N) is 1. The quantitative estimate of drug-likeness (QED) is 0.715. The number of nitrogen functional groups attached to an aromatic ring is 1. The molecule has 0 amide bonds. The van der Waals surface area contributed by atoms with Crippen LogP contribution in [0.25, 0.3) is 0 Å². The Morgan fingerprint density at radius 3 is 2.91 bits per heavy atom. The maximum atomic E-state index is 5.51. The average molecular weight is 153 g/mol. The van der Waals surface area contributed by atoms with E-state index in [0.29, 0.717) is 5.92 Å². The number of hydrogen-bond donors (Lipinski definition) is 1. The molecule has 0 radical (unpaired) electrons. The molecule has 0 aromatic carbocycles. The van der Waals surface area contributed by atoms with E-state index < -0.39 is 0 Å². The first kappa shape index (κ1) is 8.11. The van der Waals surface area contributed by atoms with Crippen LogP contribution in [-0.4, -0.2) is 9.78 Å². The number of aromatic nitrogens is 2. The Balaban J connectivity index is 2.50. The fraction of sp³-hybridized carbons (Fsp3) is 0.625. The van der Waals surface area contributed by atoms with E-state index in [9.17, 15) is 0 Å². The Bertz CT molecular complexity index is 217. The van der Waals surface area contributed by atoms with Gasteiger partial charge in [-0.15, -0.1) is 0 Å². The van der Waals surface area contributed by atoms with Gasteiger partial charge in [-0.05, 0) is 5.92 Å². The van der Waals surface area contributed by atoms with Gasteiger partial charge in [0.2, 0.25) is 0 Å². The molecule has 11 heavy (non-hydrogen) atoms. The van der Waals surface area contributed by atoms with E-state index in [1.54, 1.807) is 6.20 Å². The van der Waals surface area contributed by atoms with Gasteiger partial charge in [-0.25, -0.2) is 0 Å². The van der Waals surface area contributed by atoms with E-state index in [4.69, 9.17) is 5.73 Å². The molecule has 1 rings (SSSR count). The Labute approximate surface area is 67.2 Å². The zero-order chi connectivity index (χ0) is 8.27. The molecule has 1 atom stereocenters. The Morgan fingerprint density at radius 2 is 2.45 bits per heavy atom. The normalized spacial score (nSPS) is 13.3. The third-order valence-corrected chi connectivity index (χ3v) is 1.85. The first-order valence-corrected chi connectivity index (χ1v) is 4.00. The van der Waals surface area contributed by atoms with Crippen LogP contribution in [0.1, 0.15) is 20.3 Å². The number of anilines is 1. The standard InChI is InChI=1S/C8H15N3/c1-3-7(2)5-11-6-8(9)4-10-11/h4,6-7H,3,5,9H2,1-2H3. The summed E-state index contributed by atoms with van der Waals surface area (Å²) in [4.78, 5) is 0. The van der Waals surface area contributed by atoms with Crippen LogP contribution in [0.5, 0.6) is 0 Å². The lowest BCUT2D eigenvalue weighted by molar-refractivity contribution is 0.439. The van der Waals surface area contributed by atoms with E-state index in [1.165, 1.54) is 6.42 Å². The Morgan fingerprint density at radius 1 is 1.73 bits per heavy atom. The van der Waals surface area contributed by atoms with Crippen molar-refractivity contribution >= 4 is 5.69 Å². The molecule has 0 saturated heterocycles. The van der Waals surface area contributed by atoms with Crippen LogP contribution in [-0.2, 0) is 6.54 Å². The van der Waals surface area contributed by atoms with Crippen LogP contribution in [0.2, 0.25) is 0 Å². The summed E-state index contributed by atoms with van der Waals surface area (Å²) in [6.07, 6.45) is 4.73. The molecule has 3 heteroatoms. The molecule has 0 spiro atoms. The van der Waals surface area contributed by atoms with Crippen molar-refractivity contribution < 1.29 is 0 Å². The molecule has 0 saturated carbocycles. The molecule has 62 valence electrons. The minimum Gasteiger partial charge on any atom is -0.396 e. The summed E-state index contributed by atoms with van der Waals surface area (Å²) in [5.41, 5.74) is 6.26. The maximum Gasteiger partial charge on any atom is 0.0719 e. The van der Waals surface area contributed by atoms with Gasteiger partial charge >= 0.3 is 0 Å². The van der Waals surface area contributed by atoms with Crippen molar-refractivity contribution in [1.29, 1.82) is 0 Å². The molecule has 0 aliphatic rings. The molecular weight excluding hydrogens is 138 g/mol.